The van der Waals surface area contributed by atoms with Crippen molar-refractivity contribution in [2.45, 2.75) is 20.3 Å². The van der Waals surface area contributed by atoms with Crippen LogP contribution in [-0.2, 0) is 11.2 Å². The van der Waals surface area contributed by atoms with Crippen LogP contribution in [0.15, 0.2) is 60.7 Å². The minimum atomic E-state index is -0.956. The normalized spacial score (nSPS) is 10.6. The van der Waals surface area contributed by atoms with Gasteiger partial charge in [0.25, 0.3) is 0 Å². The summed E-state index contributed by atoms with van der Waals surface area (Å²) in [5.74, 6) is 0.282. The van der Waals surface area contributed by atoms with Gasteiger partial charge in [-0.3, -0.25) is 0 Å². The van der Waals surface area contributed by atoms with E-state index >= 15 is 0 Å². The summed E-state index contributed by atoms with van der Waals surface area (Å²) in [5, 5.41) is 20.8. The SMILES string of the molecule is CO.COCCOc1ccc(-c2nc(Nc3cc(-c4ccccc4)sc3C(=O)O)sc2CC(C)C)cc1. The van der Waals surface area contributed by atoms with Crippen molar-refractivity contribution in [2.24, 2.45) is 5.92 Å². The van der Waals surface area contributed by atoms with Crippen molar-refractivity contribution >= 4 is 39.5 Å². The molecule has 0 radical (unpaired) electrons. The molecule has 0 saturated heterocycles. The molecule has 0 spiro atoms. The molecule has 4 rings (SSSR count). The van der Waals surface area contributed by atoms with Crippen molar-refractivity contribution in [3.05, 3.63) is 70.4 Å². The van der Waals surface area contributed by atoms with Gasteiger partial charge in [-0.05, 0) is 48.2 Å². The second-order valence-corrected chi connectivity index (χ2v) is 10.5. The Morgan fingerprint density at radius 1 is 1.00 bits per heavy atom. The minimum absolute atomic E-state index is 0.267. The van der Waals surface area contributed by atoms with E-state index in [0.29, 0.717) is 30.0 Å². The second-order valence-electron chi connectivity index (χ2n) is 8.40. The summed E-state index contributed by atoms with van der Waals surface area (Å²) < 4.78 is 10.7. The number of nitrogens with one attached hydrogen (secondary N) is 1. The Labute approximate surface area is 225 Å². The van der Waals surface area contributed by atoms with E-state index in [-0.39, 0.29) is 4.88 Å². The third kappa shape index (κ3) is 7.62. The van der Waals surface area contributed by atoms with E-state index in [1.54, 1.807) is 18.4 Å². The zero-order valence-corrected chi connectivity index (χ0v) is 23.0. The van der Waals surface area contributed by atoms with Crippen LogP contribution < -0.4 is 10.1 Å². The van der Waals surface area contributed by atoms with Gasteiger partial charge in [0.15, 0.2) is 5.13 Å². The van der Waals surface area contributed by atoms with E-state index in [1.807, 2.05) is 60.7 Å². The standard InChI is InChI=1S/C27H28N2O4S2.CH4O/c1-17(2)15-23-24(19-9-11-20(12-10-19)33-14-13-32-3)29-27(35-23)28-21-16-22(34-25(21)26(30)31)18-7-5-4-6-8-18;1-2/h4-12,16-17H,13-15H2,1-3H3,(H,28,29)(H,30,31);2H,1H3. The molecule has 0 unspecified atom stereocenters. The van der Waals surface area contributed by atoms with Crippen LogP contribution in [0.1, 0.15) is 28.4 Å². The molecule has 3 N–H and O–H groups in total. The van der Waals surface area contributed by atoms with E-state index in [9.17, 15) is 9.90 Å². The Morgan fingerprint density at radius 3 is 2.32 bits per heavy atom. The van der Waals surface area contributed by atoms with Crippen molar-refractivity contribution < 1.29 is 24.5 Å². The summed E-state index contributed by atoms with van der Waals surface area (Å²) in [7, 11) is 2.65. The third-order valence-electron chi connectivity index (χ3n) is 5.20. The topological polar surface area (TPSA) is 101 Å². The molecule has 4 aromatic rings. The summed E-state index contributed by atoms with van der Waals surface area (Å²) in [5.41, 5.74) is 3.45. The van der Waals surface area contributed by atoms with Gasteiger partial charge in [0, 0.05) is 29.5 Å². The number of thiazole rings is 1. The van der Waals surface area contributed by atoms with Crippen LogP contribution in [0.25, 0.3) is 21.7 Å². The molecule has 0 atom stereocenters. The number of methoxy groups -OCH3 is 1. The van der Waals surface area contributed by atoms with Crippen molar-refractivity contribution in [1.29, 1.82) is 0 Å². The molecule has 2 heterocycles. The Kier molecular flexibility index (Phi) is 10.6. The highest BCUT2D eigenvalue weighted by molar-refractivity contribution is 7.18. The number of carbonyl (C=O) groups is 1. The number of thiophene rings is 1. The van der Waals surface area contributed by atoms with Gasteiger partial charge in [-0.1, -0.05) is 44.2 Å². The van der Waals surface area contributed by atoms with Gasteiger partial charge in [-0.25, -0.2) is 9.78 Å². The molecule has 2 aromatic carbocycles. The first kappa shape index (κ1) is 28.3. The van der Waals surface area contributed by atoms with E-state index in [4.69, 9.17) is 19.6 Å². The van der Waals surface area contributed by atoms with Crippen molar-refractivity contribution in [2.75, 3.05) is 32.8 Å². The van der Waals surface area contributed by atoms with Crippen LogP contribution in [0.5, 0.6) is 5.75 Å². The lowest BCUT2D eigenvalue weighted by Crippen LogP contribution is -2.04. The fourth-order valence-corrected chi connectivity index (χ4v) is 5.76. The van der Waals surface area contributed by atoms with Crippen LogP contribution in [0.4, 0.5) is 10.8 Å². The fraction of sp³-hybridized carbons (Fsp3) is 0.286. The Hall–Kier alpha value is -3.24. The van der Waals surface area contributed by atoms with Gasteiger partial charge in [-0.2, -0.15) is 0 Å². The highest BCUT2D eigenvalue weighted by Crippen LogP contribution is 2.39. The van der Waals surface area contributed by atoms with Crippen LogP contribution in [0, 0.1) is 5.92 Å². The lowest BCUT2D eigenvalue weighted by molar-refractivity contribution is 0.0703. The summed E-state index contributed by atoms with van der Waals surface area (Å²) in [6.07, 6.45) is 0.880. The van der Waals surface area contributed by atoms with Crippen molar-refractivity contribution in [3.63, 3.8) is 0 Å². The largest absolute Gasteiger partial charge is 0.491 e. The molecule has 0 amide bonds. The maximum Gasteiger partial charge on any atom is 0.348 e. The predicted octanol–water partition coefficient (Wildman–Crippen LogP) is 6.81. The highest BCUT2D eigenvalue weighted by atomic mass is 32.1. The minimum Gasteiger partial charge on any atom is -0.491 e. The van der Waals surface area contributed by atoms with Gasteiger partial charge >= 0.3 is 5.97 Å². The molecular formula is C28H32N2O5S2. The lowest BCUT2D eigenvalue weighted by Gasteiger charge is -2.07. The number of benzene rings is 2. The fourth-order valence-electron chi connectivity index (χ4n) is 3.59. The van der Waals surface area contributed by atoms with Gasteiger partial charge in [0.1, 0.15) is 17.2 Å². The third-order valence-corrected chi connectivity index (χ3v) is 7.37. The van der Waals surface area contributed by atoms with Crippen molar-refractivity contribution in [3.8, 4) is 27.4 Å². The summed E-state index contributed by atoms with van der Waals surface area (Å²) in [6, 6.07) is 19.6. The predicted molar refractivity (Wildman–Crippen MR) is 152 cm³/mol. The zero-order valence-electron chi connectivity index (χ0n) is 21.4. The van der Waals surface area contributed by atoms with Gasteiger partial charge in [-0.15, -0.1) is 22.7 Å². The molecule has 9 heteroatoms. The molecule has 7 nitrogen and oxygen atoms in total. The number of aliphatic hydroxyl groups excluding tert-OH is 1. The first-order valence-electron chi connectivity index (χ1n) is 11.8. The van der Waals surface area contributed by atoms with Gasteiger partial charge in [0.05, 0.1) is 18.0 Å². The molecule has 0 aliphatic heterocycles. The maximum absolute atomic E-state index is 12.0. The van der Waals surface area contributed by atoms with E-state index in [1.165, 1.54) is 11.3 Å². The maximum atomic E-state index is 12.0. The van der Waals surface area contributed by atoms with Crippen LogP contribution in [-0.4, -0.2) is 48.6 Å². The first-order chi connectivity index (χ1) is 17.9. The van der Waals surface area contributed by atoms with Gasteiger partial charge in [0.2, 0.25) is 0 Å². The quantitative estimate of drug-likeness (QED) is 0.180. The van der Waals surface area contributed by atoms with Crippen LogP contribution >= 0.6 is 22.7 Å². The summed E-state index contributed by atoms with van der Waals surface area (Å²) >= 11 is 2.83. The molecule has 196 valence electrons. The molecule has 0 bridgehead atoms. The molecule has 0 fully saturated rings. The summed E-state index contributed by atoms with van der Waals surface area (Å²) in [4.78, 5) is 19.2. The lowest BCUT2D eigenvalue weighted by atomic mass is 10.0. The first-order valence-corrected chi connectivity index (χ1v) is 13.4. The number of aliphatic hydroxyl groups is 1. The summed E-state index contributed by atoms with van der Waals surface area (Å²) in [6.45, 7) is 5.39. The number of hydrogen-bond acceptors (Lipinski definition) is 8. The van der Waals surface area contributed by atoms with Crippen molar-refractivity contribution in [1.82, 2.24) is 4.98 Å². The number of carboxylic acids is 1. The van der Waals surface area contributed by atoms with E-state index in [0.717, 1.165) is 45.9 Å². The van der Waals surface area contributed by atoms with Gasteiger partial charge < -0.3 is 25.0 Å². The molecule has 0 aliphatic carbocycles. The molecule has 0 aliphatic rings. The molecule has 2 aromatic heterocycles. The number of ether oxygens (including phenoxy) is 2. The Bertz CT molecular complexity index is 1270. The smallest absolute Gasteiger partial charge is 0.348 e. The number of carboxylic acid groups (broad SMARTS) is 1. The molecule has 37 heavy (non-hydrogen) atoms. The number of hydrogen-bond donors (Lipinski definition) is 3. The number of rotatable bonds is 11. The van der Waals surface area contributed by atoms with Crippen LogP contribution in [0.3, 0.4) is 0 Å². The van der Waals surface area contributed by atoms with E-state index in [2.05, 4.69) is 19.2 Å². The Balaban J connectivity index is 0.00000186. The zero-order chi connectivity index (χ0) is 26.8. The second kappa shape index (κ2) is 13.9. The number of anilines is 2. The Morgan fingerprint density at radius 2 is 1.70 bits per heavy atom. The highest BCUT2D eigenvalue weighted by Gasteiger charge is 2.20. The molecular weight excluding hydrogens is 508 g/mol. The van der Waals surface area contributed by atoms with E-state index < -0.39 is 5.97 Å². The van der Waals surface area contributed by atoms with Crippen LogP contribution in [0.2, 0.25) is 0 Å². The monoisotopic (exact) mass is 540 g/mol. The average Bonchev–Trinajstić information content (AvgIpc) is 3.50. The number of aromatic carboxylic acids is 1. The average molecular weight is 541 g/mol. The number of nitrogens with zero attached hydrogens (tertiary/aromatic N) is 1. The number of aromatic nitrogens is 1. The molecule has 0 saturated carbocycles.